The van der Waals surface area contributed by atoms with E-state index in [0.717, 1.165) is 23.3 Å². The van der Waals surface area contributed by atoms with Gasteiger partial charge in [-0.15, -0.1) is 0 Å². The average Bonchev–Trinajstić information content (AvgIpc) is 2.28. The summed E-state index contributed by atoms with van der Waals surface area (Å²) in [5.41, 5.74) is 13.5. The molecule has 17 heavy (non-hydrogen) atoms. The zero-order chi connectivity index (χ0) is 12.3. The maximum Gasteiger partial charge on any atom is 0.126 e. The third-order valence-corrected chi connectivity index (χ3v) is 2.47. The maximum atomic E-state index is 5.65. The minimum atomic E-state index is 0.447. The van der Waals surface area contributed by atoms with Crippen LogP contribution in [-0.2, 0) is 6.42 Å². The monoisotopic (exact) mass is 229 g/mol. The summed E-state index contributed by atoms with van der Waals surface area (Å²) in [5, 5.41) is 0. The topological polar surface area (TPSA) is 74.2 Å². The summed E-state index contributed by atoms with van der Waals surface area (Å²) in [6.07, 6.45) is 0.758. The molecule has 2 rings (SSSR count). The molecule has 4 heteroatoms. The van der Waals surface area contributed by atoms with Gasteiger partial charge in [0.15, 0.2) is 0 Å². The van der Waals surface area contributed by atoms with E-state index >= 15 is 0 Å². The fraction of sp³-hybridized carbons (Fsp3) is 0.154. The highest BCUT2D eigenvalue weighted by Crippen LogP contribution is 2.18. The zero-order valence-corrected chi connectivity index (χ0v) is 9.68. The van der Waals surface area contributed by atoms with Crippen molar-refractivity contribution in [2.45, 2.75) is 6.42 Å². The SMILES string of the molecule is COc1cccc(Cc2cc(N)nc(N)c2)c1. The third-order valence-electron chi connectivity index (χ3n) is 2.47. The Morgan fingerprint density at radius 3 is 2.41 bits per heavy atom. The van der Waals surface area contributed by atoms with Gasteiger partial charge < -0.3 is 16.2 Å². The van der Waals surface area contributed by atoms with Crippen molar-refractivity contribution in [1.29, 1.82) is 0 Å². The Labute approximate surface area is 100 Å². The van der Waals surface area contributed by atoms with Gasteiger partial charge in [-0.2, -0.15) is 0 Å². The normalized spacial score (nSPS) is 10.2. The molecule has 0 saturated heterocycles. The Bertz CT molecular complexity index is 506. The van der Waals surface area contributed by atoms with E-state index in [1.807, 2.05) is 36.4 Å². The molecule has 1 aromatic heterocycles. The van der Waals surface area contributed by atoms with Gasteiger partial charge in [-0.3, -0.25) is 0 Å². The van der Waals surface area contributed by atoms with E-state index in [1.165, 1.54) is 0 Å². The van der Waals surface area contributed by atoms with Gasteiger partial charge in [0, 0.05) is 0 Å². The average molecular weight is 229 g/mol. The number of aromatic nitrogens is 1. The second-order valence-corrected chi connectivity index (χ2v) is 3.85. The van der Waals surface area contributed by atoms with Gasteiger partial charge in [0.1, 0.15) is 17.4 Å². The van der Waals surface area contributed by atoms with E-state index in [9.17, 15) is 0 Å². The van der Waals surface area contributed by atoms with Crippen molar-refractivity contribution in [1.82, 2.24) is 4.98 Å². The van der Waals surface area contributed by atoms with E-state index in [4.69, 9.17) is 16.2 Å². The van der Waals surface area contributed by atoms with Crippen LogP contribution in [0, 0.1) is 0 Å². The Morgan fingerprint density at radius 1 is 1.06 bits per heavy atom. The summed E-state index contributed by atoms with van der Waals surface area (Å²) < 4.78 is 5.18. The fourth-order valence-electron chi connectivity index (χ4n) is 1.76. The van der Waals surface area contributed by atoms with Gasteiger partial charge in [0.25, 0.3) is 0 Å². The molecule has 4 N–H and O–H groups in total. The summed E-state index contributed by atoms with van der Waals surface area (Å²) in [5.74, 6) is 1.74. The van der Waals surface area contributed by atoms with Gasteiger partial charge >= 0.3 is 0 Å². The van der Waals surface area contributed by atoms with E-state index in [1.54, 1.807) is 7.11 Å². The summed E-state index contributed by atoms with van der Waals surface area (Å²) in [6.45, 7) is 0. The molecule has 4 nitrogen and oxygen atoms in total. The lowest BCUT2D eigenvalue weighted by molar-refractivity contribution is 0.414. The predicted octanol–water partition coefficient (Wildman–Crippen LogP) is 1.85. The molecule has 0 fully saturated rings. The summed E-state index contributed by atoms with van der Waals surface area (Å²) >= 11 is 0. The number of rotatable bonds is 3. The van der Waals surface area contributed by atoms with Crippen LogP contribution in [0.5, 0.6) is 5.75 Å². The smallest absolute Gasteiger partial charge is 0.126 e. The van der Waals surface area contributed by atoms with E-state index in [-0.39, 0.29) is 0 Å². The van der Waals surface area contributed by atoms with Crippen molar-refractivity contribution >= 4 is 11.6 Å². The van der Waals surface area contributed by atoms with Crippen LogP contribution in [0.4, 0.5) is 11.6 Å². The number of nitrogen functional groups attached to an aromatic ring is 2. The molecule has 0 amide bonds. The second-order valence-electron chi connectivity index (χ2n) is 3.85. The largest absolute Gasteiger partial charge is 0.497 e. The molecule has 0 aliphatic rings. The van der Waals surface area contributed by atoms with Crippen molar-refractivity contribution in [3.8, 4) is 5.75 Å². The molecule has 0 saturated carbocycles. The molecular weight excluding hydrogens is 214 g/mol. The molecule has 0 atom stereocenters. The lowest BCUT2D eigenvalue weighted by atomic mass is 10.1. The van der Waals surface area contributed by atoms with Crippen LogP contribution in [0.2, 0.25) is 0 Å². The van der Waals surface area contributed by atoms with Crippen molar-refractivity contribution in [3.05, 3.63) is 47.5 Å². The first kappa shape index (κ1) is 11.3. The van der Waals surface area contributed by atoms with Gasteiger partial charge in [0.2, 0.25) is 0 Å². The molecule has 0 radical (unpaired) electrons. The zero-order valence-electron chi connectivity index (χ0n) is 9.68. The summed E-state index contributed by atoms with van der Waals surface area (Å²) in [7, 11) is 1.65. The van der Waals surface area contributed by atoms with E-state index < -0.39 is 0 Å². The van der Waals surface area contributed by atoms with Crippen LogP contribution >= 0.6 is 0 Å². The van der Waals surface area contributed by atoms with E-state index in [2.05, 4.69) is 4.98 Å². The molecule has 0 aliphatic heterocycles. The van der Waals surface area contributed by atoms with Crippen molar-refractivity contribution in [2.75, 3.05) is 18.6 Å². The fourth-order valence-corrected chi connectivity index (χ4v) is 1.76. The third kappa shape index (κ3) is 2.87. The molecule has 0 unspecified atom stereocenters. The number of pyridine rings is 1. The van der Waals surface area contributed by atoms with Crippen molar-refractivity contribution in [3.63, 3.8) is 0 Å². The highest BCUT2D eigenvalue weighted by atomic mass is 16.5. The first-order chi connectivity index (χ1) is 8.17. The first-order valence-corrected chi connectivity index (χ1v) is 5.32. The molecule has 0 bridgehead atoms. The quantitative estimate of drug-likeness (QED) is 0.842. The Kier molecular flexibility index (Phi) is 3.14. The lowest BCUT2D eigenvalue weighted by Crippen LogP contribution is -1.99. The Morgan fingerprint density at radius 2 is 1.76 bits per heavy atom. The number of hydrogen-bond donors (Lipinski definition) is 2. The van der Waals surface area contributed by atoms with Crippen LogP contribution in [0.25, 0.3) is 0 Å². The highest BCUT2D eigenvalue weighted by molar-refractivity contribution is 5.45. The summed E-state index contributed by atoms with van der Waals surface area (Å²) in [6, 6.07) is 11.6. The van der Waals surface area contributed by atoms with Gasteiger partial charge in [-0.1, -0.05) is 12.1 Å². The molecule has 1 aromatic carbocycles. The number of ether oxygens (including phenoxy) is 1. The van der Waals surface area contributed by atoms with Gasteiger partial charge in [0.05, 0.1) is 7.11 Å². The Balaban J connectivity index is 2.24. The maximum absolute atomic E-state index is 5.65. The minimum absolute atomic E-state index is 0.447. The molecule has 0 aliphatic carbocycles. The van der Waals surface area contributed by atoms with Crippen LogP contribution in [0.15, 0.2) is 36.4 Å². The van der Waals surface area contributed by atoms with Crippen LogP contribution < -0.4 is 16.2 Å². The summed E-state index contributed by atoms with van der Waals surface area (Å²) in [4.78, 5) is 3.94. The molecule has 88 valence electrons. The molecule has 2 aromatic rings. The molecule has 0 spiro atoms. The van der Waals surface area contributed by atoms with Crippen molar-refractivity contribution < 1.29 is 4.74 Å². The minimum Gasteiger partial charge on any atom is -0.497 e. The molecule has 1 heterocycles. The second kappa shape index (κ2) is 4.74. The number of nitrogens with zero attached hydrogens (tertiary/aromatic N) is 1. The number of benzene rings is 1. The lowest BCUT2D eigenvalue weighted by Gasteiger charge is -2.06. The number of anilines is 2. The van der Waals surface area contributed by atoms with E-state index in [0.29, 0.717) is 11.6 Å². The number of nitrogens with two attached hydrogens (primary N) is 2. The molecular formula is C13H15N3O. The number of hydrogen-bond acceptors (Lipinski definition) is 4. The predicted molar refractivity (Wildman–Crippen MR) is 68.9 cm³/mol. The number of methoxy groups -OCH3 is 1. The van der Waals surface area contributed by atoms with Crippen LogP contribution in [-0.4, -0.2) is 12.1 Å². The van der Waals surface area contributed by atoms with Crippen LogP contribution in [0.3, 0.4) is 0 Å². The highest BCUT2D eigenvalue weighted by Gasteiger charge is 2.01. The van der Waals surface area contributed by atoms with Gasteiger partial charge in [-0.25, -0.2) is 4.98 Å². The van der Waals surface area contributed by atoms with Gasteiger partial charge in [-0.05, 0) is 41.8 Å². The first-order valence-electron chi connectivity index (χ1n) is 5.32. The van der Waals surface area contributed by atoms with Crippen LogP contribution in [0.1, 0.15) is 11.1 Å². The Hall–Kier alpha value is -2.23. The standard InChI is InChI=1S/C13H15N3O/c1-17-11-4-2-3-9(6-11)5-10-7-12(14)16-13(15)8-10/h2-4,6-8H,5H2,1H3,(H4,14,15,16). The van der Waals surface area contributed by atoms with Crippen molar-refractivity contribution in [2.24, 2.45) is 0 Å².